The molecule has 0 saturated heterocycles. The summed E-state index contributed by atoms with van der Waals surface area (Å²) in [5, 5.41) is 4.93. The molecule has 0 radical (unpaired) electrons. The van der Waals surface area contributed by atoms with E-state index in [0.717, 1.165) is 22.1 Å². The summed E-state index contributed by atoms with van der Waals surface area (Å²) in [7, 11) is 0. The number of hydrogen-bond acceptors (Lipinski definition) is 0. The predicted molar refractivity (Wildman–Crippen MR) is 212 cm³/mol. The lowest BCUT2D eigenvalue weighted by molar-refractivity contribution is 1.51. The fourth-order valence-corrected chi connectivity index (χ4v) is 7.99. The molecule has 0 spiro atoms. The van der Waals surface area contributed by atoms with Crippen molar-refractivity contribution in [3.63, 3.8) is 0 Å². The second kappa shape index (κ2) is 11.5. The summed E-state index contributed by atoms with van der Waals surface area (Å²) < 4.78 is 0. The SMILES string of the molecule is c1ccc(-c2ccc3c([nH]c4ccccc43)c2-c2ccccc2-c2ccccc2-c2c(-c3ccccc3)ccc3c2[nH]c2ccccc23)cc1. The van der Waals surface area contributed by atoms with E-state index in [9.17, 15) is 0 Å². The molecule has 0 unspecified atom stereocenters. The smallest absolute Gasteiger partial charge is 0.0551 e. The van der Waals surface area contributed by atoms with E-state index >= 15 is 0 Å². The van der Waals surface area contributed by atoms with Gasteiger partial charge in [0, 0.05) is 43.7 Å². The van der Waals surface area contributed by atoms with Gasteiger partial charge in [-0.25, -0.2) is 0 Å². The number of aromatic nitrogens is 2. The van der Waals surface area contributed by atoms with Crippen LogP contribution < -0.4 is 0 Å². The molecule has 2 heterocycles. The monoisotopic (exact) mass is 636 g/mol. The average molecular weight is 637 g/mol. The van der Waals surface area contributed by atoms with E-state index in [-0.39, 0.29) is 0 Å². The lowest BCUT2D eigenvalue weighted by Gasteiger charge is -2.20. The Morgan fingerprint density at radius 3 is 1.04 bits per heavy atom. The maximum absolute atomic E-state index is 3.84. The first-order chi connectivity index (χ1) is 24.8. The van der Waals surface area contributed by atoms with E-state index in [1.54, 1.807) is 0 Å². The Morgan fingerprint density at radius 1 is 0.240 bits per heavy atom. The number of fused-ring (bicyclic) bond motifs is 6. The summed E-state index contributed by atoms with van der Waals surface area (Å²) in [4.78, 5) is 7.69. The molecule has 2 heteroatoms. The highest BCUT2D eigenvalue weighted by Crippen LogP contribution is 2.48. The Morgan fingerprint density at radius 2 is 0.600 bits per heavy atom. The second-order valence-electron chi connectivity index (χ2n) is 13.0. The molecule has 234 valence electrons. The first-order valence-corrected chi connectivity index (χ1v) is 17.2. The Kier molecular flexibility index (Phi) is 6.53. The molecule has 0 aliphatic rings. The Labute approximate surface area is 290 Å². The molecule has 2 nitrogen and oxygen atoms in total. The second-order valence-corrected chi connectivity index (χ2v) is 13.0. The van der Waals surface area contributed by atoms with Gasteiger partial charge in [-0.2, -0.15) is 0 Å². The first-order valence-electron chi connectivity index (χ1n) is 17.2. The molecule has 8 aromatic carbocycles. The van der Waals surface area contributed by atoms with Crippen LogP contribution in [0.1, 0.15) is 0 Å². The van der Waals surface area contributed by atoms with Crippen LogP contribution in [-0.2, 0) is 0 Å². The molecule has 0 amide bonds. The molecular weight excluding hydrogens is 605 g/mol. The predicted octanol–water partition coefficient (Wildman–Crippen LogP) is 13.3. The van der Waals surface area contributed by atoms with Crippen LogP contribution in [0.25, 0.3) is 99.2 Å². The summed E-state index contributed by atoms with van der Waals surface area (Å²) >= 11 is 0. The minimum atomic E-state index is 1.14. The molecule has 50 heavy (non-hydrogen) atoms. The molecule has 10 aromatic rings. The van der Waals surface area contributed by atoms with E-state index in [0.29, 0.717) is 0 Å². The highest BCUT2D eigenvalue weighted by Gasteiger charge is 2.22. The number of nitrogens with one attached hydrogen (secondary N) is 2. The van der Waals surface area contributed by atoms with Crippen molar-refractivity contribution in [3.05, 3.63) is 182 Å². The number of H-pyrrole nitrogens is 2. The third-order valence-corrected chi connectivity index (χ3v) is 10.2. The Hall–Kier alpha value is -6.64. The Balaban J connectivity index is 1.30. The number of para-hydroxylation sites is 2. The van der Waals surface area contributed by atoms with Crippen LogP contribution in [0.2, 0.25) is 0 Å². The molecule has 0 atom stereocenters. The summed E-state index contributed by atoms with van der Waals surface area (Å²) in [5.41, 5.74) is 16.6. The van der Waals surface area contributed by atoms with E-state index in [1.807, 2.05) is 0 Å². The third-order valence-electron chi connectivity index (χ3n) is 10.2. The number of hydrogen-bond donors (Lipinski definition) is 2. The molecule has 2 N–H and O–H groups in total. The number of rotatable bonds is 5. The van der Waals surface area contributed by atoms with Crippen molar-refractivity contribution < 1.29 is 0 Å². The van der Waals surface area contributed by atoms with Gasteiger partial charge in [-0.05, 0) is 56.6 Å². The maximum Gasteiger partial charge on any atom is 0.0551 e. The molecule has 0 aliphatic carbocycles. The summed E-state index contributed by atoms with van der Waals surface area (Å²) in [6.45, 7) is 0. The van der Waals surface area contributed by atoms with Crippen molar-refractivity contribution in [2.45, 2.75) is 0 Å². The average Bonchev–Trinajstić information content (AvgIpc) is 3.76. The maximum atomic E-state index is 3.84. The quantitative estimate of drug-likeness (QED) is 0.188. The summed E-state index contributed by atoms with van der Waals surface area (Å²) in [6, 6.07) is 65.8. The molecule has 0 saturated carbocycles. The van der Waals surface area contributed by atoms with Crippen molar-refractivity contribution in [1.82, 2.24) is 9.97 Å². The standard InChI is InChI=1S/C48H32N2/c1-3-15-31(16-4-1)33-27-29-41-37-21-11-13-25-43(37)49-47(41)45(33)39-23-9-7-19-35(39)36-20-8-10-24-40(36)46-34(32-17-5-2-6-18-32)28-30-42-38-22-12-14-26-44(38)50-48(42)46/h1-30,49-50H. The van der Waals surface area contributed by atoms with Crippen LogP contribution in [0.3, 0.4) is 0 Å². The zero-order valence-electron chi connectivity index (χ0n) is 27.3. The van der Waals surface area contributed by atoms with E-state index in [4.69, 9.17) is 0 Å². The molecule has 0 aliphatic heterocycles. The van der Waals surface area contributed by atoms with Crippen LogP contribution in [0.4, 0.5) is 0 Å². The van der Waals surface area contributed by atoms with Gasteiger partial charge in [0.25, 0.3) is 0 Å². The van der Waals surface area contributed by atoms with Gasteiger partial charge in [-0.15, -0.1) is 0 Å². The summed E-state index contributed by atoms with van der Waals surface area (Å²) in [6.07, 6.45) is 0. The van der Waals surface area contributed by atoms with E-state index < -0.39 is 0 Å². The van der Waals surface area contributed by atoms with Gasteiger partial charge in [0.2, 0.25) is 0 Å². The van der Waals surface area contributed by atoms with Crippen molar-refractivity contribution in [2.75, 3.05) is 0 Å². The molecule has 0 fully saturated rings. The minimum Gasteiger partial charge on any atom is -0.354 e. The third kappa shape index (κ3) is 4.43. The lowest BCUT2D eigenvalue weighted by Crippen LogP contribution is -1.94. The van der Waals surface area contributed by atoms with Gasteiger partial charge >= 0.3 is 0 Å². The van der Waals surface area contributed by atoms with Crippen LogP contribution in [-0.4, -0.2) is 9.97 Å². The van der Waals surface area contributed by atoms with Crippen LogP contribution >= 0.6 is 0 Å². The topological polar surface area (TPSA) is 31.6 Å². The van der Waals surface area contributed by atoms with Gasteiger partial charge in [0.05, 0.1) is 11.0 Å². The van der Waals surface area contributed by atoms with E-state index in [1.165, 1.54) is 77.2 Å². The van der Waals surface area contributed by atoms with Crippen LogP contribution in [0.5, 0.6) is 0 Å². The molecular formula is C48H32N2. The molecule has 10 rings (SSSR count). The highest BCUT2D eigenvalue weighted by molar-refractivity contribution is 6.18. The Bertz CT molecular complexity index is 2660. The van der Waals surface area contributed by atoms with Crippen LogP contribution in [0, 0.1) is 0 Å². The van der Waals surface area contributed by atoms with Crippen molar-refractivity contribution in [2.24, 2.45) is 0 Å². The van der Waals surface area contributed by atoms with Gasteiger partial charge in [-0.3, -0.25) is 0 Å². The number of aromatic amines is 2. The fraction of sp³-hybridized carbons (Fsp3) is 0. The highest BCUT2D eigenvalue weighted by atomic mass is 14.7. The van der Waals surface area contributed by atoms with Gasteiger partial charge in [0.15, 0.2) is 0 Å². The molecule has 2 aromatic heterocycles. The van der Waals surface area contributed by atoms with Gasteiger partial charge in [-0.1, -0.05) is 170 Å². The first kappa shape index (κ1) is 28.4. The van der Waals surface area contributed by atoms with Crippen molar-refractivity contribution in [3.8, 4) is 55.6 Å². The summed E-state index contributed by atoms with van der Waals surface area (Å²) in [5.74, 6) is 0. The largest absolute Gasteiger partial charge is 0.354 e. The zero-order valence-corrected chi connectivity index (χ0v) is 27.3. The zero-order chi connectivity index (χ0) is 33.0. The van der Waals surface area contributed by atoms with Crippen molar-refractivity contribution >= 4 is 43.6 Å². The molecule has 0 bridgehead atoms. The normalized spacial score (nSPS) is 11.6. The van der Waals surface area contributed by atoms with Crippen molar-refractivity contribution in [1.29, 1.82) is 0 Å². The van der Waals surface area contributed by atoms with E-state index in [2.05, 4.69) is 192 Å². The minimum absolute atomic E-state index is 1.14. The number of benzene rings is 8. The fourth-order valence-electron chi connectivity index (χ4n) is 7.99. The van der Waals surface area contributed by atoms with Gasteiger partial charge in [0.1, 0.15) is 0 Å². The van der Waals surface area contributed by atoms with Crippen LogP contribution in [0.15, 0.2) is 182 Å². The van der Waals surface area contributed by atoms with Gasteiger partial charge < -0.3 is 9.97 Å². The lowest BCUT2D eigenvalue weighted by atomic mass is 9.84.